The van der Waals surface area contributed by atoms with Gasteiger partial charge in [-0.3, -0.25) is 0 Å². The van der Waals surface area contributed by atoms with Crippen LogP contribution in [0.4, 0.5) is 5.69 Å². The van der Waals surface area contributed by atoms with Crippen LogP contribution in [0.25, 0.3) is 10.9 Å². The molecule has 0 unspecified atom stereocenters. The van der Waals surface area contributed by atoms with Crippen LogP contribution in [-0.2, 0) is 5.41 Å². The van der Waals surface area contributed by atoms with Gasteiger partial charge in [0.05, 0.1) is 16.9 Å². The highest BCUT2D eigenvalue weighted by Gasteiger charge is 2.22. The summed E-state index contributed by atoms with van der Waals surface area (Å²) in [5, 5.41) is 1.69. The van der Waals surface area contributed by atoms with Crippen LogP contribution in [0.3, 0.4) is 0 Å². The molecule has 1 radical (unpaired) electrons. The Kier molecular flexibility index (Phi) is 3.58. The summed E-state index contributed by atoms with van der Waals surface area (Å²) in [6, 6.07) is 3.98. The molecule has 3 nitrogen and oxygen atoms in total. The predicted octanol–water partition coefficient (Wildman–Crippen LogP) is 3.85. The van der Waals surface area contributed by atoms with E-state index in [1.807, 2.05) is 12.3 Å². The minimum Gasteiger partial charge on any atom is -0.469 e. The molecule has 0 aliphatic heterocycles. The summed E-state index contributed by atoms with van der Waals surface area (Å²) in [6.45, 7) is 10.7. The Hall–Kier alpha value is -1.13. The Morgan fingerprint density at radius 2 is 1.89 bits per heavy atom. The van der Waals surface area contributed by atoms with Gasteiger partial charge in [-0.25, -0.2) is 4.73 Å². The number of halogens is 1. The minimum absolute atomic E-state index is 0.00792. The number of nitrogens with zero attached hydrogens (tertiary/aromatic N) is 1. The summed E-state index contributed by atoms with van der Waals surface area (Å²) in [6.07, 6.45) is 1.81. The first kappa shape index (κ1) is 14.3. The molecule has 0 saturated heterocycles. The van der Waals surface area contributed by atoms with E-state index in [9.17, 15) is 0 Å². The van der Waals surface area contributed by atoms with Gasteiger partial charge in [-0.1, -0.05) is 38.4 Å². The van der Waals surface area contributed by atoms with Gasteiger partial charge in [0.25, 0.3) is 0 Å². The zero-order chi connectivity index (χ0) is 14.4. The SMILES string of the molecule is C[Si](C)On1cc(Cl)c2c(C(C)(C)C)ccc(N)c21. The lowest BCUT2D eigenvalue weighted by molar-refractivity contribution is 0.297. The second-order valence-corrected chi connectivity index (χ2v) is 8.38. The van der Waals surface area contributed by atoms with Crippen LogP contribution >= 0.6 is 11.6 Å². The summed E-state index contributed by atoms with van der Waals surface area (Å²) in [5.41, 5.74) is 8.87. The van der Waals surface area contributed by atoms with Crippen molar-refractivity contribution < 1.29 is 4.53 Å². The summed E-state index contributed by atoms with van der Waals surface area (Å²) >= 11 is 6.40. The van der Waals surface area contributed by atoms with Gasteiger partial charge >= 0.3 is 9.04 Å². The number of rotatable bonds is 2. The Labute approximate surface area is 121 Å². The van der Waals surface area contributed by atoms with Crippen molar-refractivity contribution in [3.63, 3.8) is 0 Å². The van der Waals surface area contributed by atoms with E-state index in [1.165, 1.54) is 5.56 Å². The third-order valence-electron chi connectivity index (χ3n) is 2.99. The topological polar surface area (TPSA) is 40.2 Å². The summed E-state index contributed by atoms with van der Waals surface area (Å²) in [5.74, 6) is 0. The van der Waals surface area contributed by atoms with E-state index in [-0.39, 0.29) is 5.41 Å². The van der Waals surface area contributed by atoms with E-state index in [2.05, 4.69) is 39.9 Å². The van der Waals surface area contributed by atoms with Gasteiger partial charge in [-0.2, -0.15) is 0 Å². The van der Waals surface area contributed by atoms with Gasteiger partial charge in [-0.05, 0) is 30.1 Å². The molecular weight excluding hydrogens is 276 g/mol. The maximum Gasteiger partial charge on any atom is 0.311 e. The molecule has 2 N–H and O–H groups in total. The quantitative estimate of drug-likeness (QED) is 0.675. The zero-order valence-corrected chi connectivity index (χ0v) is 13.8. The number of nitrogens with two attached hydrogens (primary N) is 1. The summed E-state index contributed by atoms with van der Waals surface area (Å²) < 4.78 is 7.58. The number of nitrogen functional groups attached to an aromatic ring is 1. The average molecular weight is 296 g/mol. The first-order valence-electron chi connectivity index (χ1n) is 6.30. The molecule has 2 aromatic rings. The Balaban J connectivity index is 2.78. The van der Waals surface area contributed by atoms with E-state index in [4.69, 9.17) is 21.9 Å². The van der Waals surface area contributed by atoms with Crippen molar-refractivity contribution in [2.75, 3.05) is 5.73 Å². The van der Waals surface area contributed by atoms with Crippen LogP contribution in [0.2, 0.25) is 18.1 Å². The first-order valence-corrected chi connectivity index (χ1v) is 9.08. The third kappa shape index (κ3) is 2.60. The lowest BCUT2D eigenvalue weighted by Crippen LogP contribution is -2.22. The zero-order valence-electron chi connectivity index (χ0n) is 12.0. The molecule has 1 aromatic heterocycles. The number of anilines is 1. The van der Waals surface area contributed by atoms with Crippen molar-refractivity contribution in [1.29, 1.82) is 0 Å². The van der Waals surface area contributed by atoms with E-state index in [1.54, 1.807) is 4.73 Å². The Morgan fingerprint density at radius 1 is 1.26 bits per heavy atom. The van der Waals surface area contributed by atoms with Crippen LogP contribution in [-0.4, -0.2) is 13.8 Å². The molecule has 2 rings (SSSR count). The van der Waals surface area contributed by atoms with E-state index >= 15 is 0 Å². The second-order valence-electron chi connectivity index (χ2n) is 5.98. The van der Waals surface area contributed by atoms with Crippen molar-refractivity contribution in [1.82, 2.24) is 4.73 Å². The molecular formula is C14H20ClN2OSi. The average Bonchev–Trinajstić information content (AvgIpc) is 2.54. The fourth-order valence-electron chi connectivity index (χ4n) is 2.21. The minimum atomic E-state index is -0.879. The van der Waals surface area contributed by atoms with Crippen LogP contribution < -0.4 is 10.3 Å². The van der Waals surface area contributed by atoms with Crippen molar-refractivity contribution in [3.05, 3.63) is 28.9 Å². The molecule has 0 spiro atoms. The molecule has 19 heavy (non-hydrogen) atoms. The molecule has 0 amide bonds. The van der Waals surface area contributed by atoms with Gasteiger partial charge in [0, 0.05) is 5.39 Å². The lowest BCUT2D eigenvalue weighted by atomic mass is 9.84. The Morgan fingerprint density at radius 3 is 2.42 bits per heavy atom. The van der Waals surface area contributed by atoms with Gasteiger partial charge in [0.1, 0.15) is 5.52 Å². The number of benzene rings is 1. The van der Waals surface area contributed by atoms with Crippen LogP contribution in [0, 0.1) is 0 Å². The molecule has 5 heteroatoms. The number of aromatic nitrogens is 1. The van der Waals surface area contributed by atoms with E-state index in [0.717, 1.165) is 10.9 Å². The predicted molar refractivity (Wildman–Crippen MR) is 84.1 cm³/mol. The van der Waals surface area contributed by atoms with Crippen LogP contribution in [0.15, 0.2) is 18.3 Å². The standard InChI is InChI=1S/C14H20ClN2OSi/c1-14(2,3)9-6-7-11(16)13-12(9)10(15)8-17(13)18-19(4)5/h6-8H,16H2,1-5H3. The number of fused-ring (bicyclic) bond motifs is 1. The maximum atomic E-state index is 6.40. The van der Waals surface area contributed by atoms with Crippen molar-refractivity contribution in [3.8, 4) is 0 Å². The highest BCUT2D eigenvalue weighted by molar-refractivity contribution is 6.48. The molecule has 0 fully saturated rings. The third-order valence-corrected chi connectivity index (χ3v) is 3.84. The molecule has 0 aliphatic rings. The molecule has 0 saturated carbocycles. The largest absolute Gasteiger partial charge is 0.469 e. The van der Waals surface area contributed by atoms with Crippen molar-refractivity contribution in [2.45, 2.75) is 39.3 Å². The molecule has 0 aliphatic carbocycles. The highest BCUT2D eigenvalue weighted by Crippen LogP contribution is 2.38. The first-order chi connectivity index (χ1) is 8.71. The van der Waals surface area contributed by atoms with Crippen molar-refractivity contribution >= 4 is 37.2 Å². The van der Waals surface area contributed by atoms with Gasteiger partial charge < -0.3 is 10.3 Å². The monoisotopic (exact) mass is 295 g/mol. The fourth-order valence-corrected chi connectivity index (χ4v) is 3.03. The Bertz CT molecular complexity index is 614. The second kappa shape index (κ2) is 4.76. The molecule has 0 atom stereocenters. The fraction of sp³-hybridized carbons (Fsp3) is 0.429. The molecule has 1 heterocycles. The smallest absolute Gasteiger partial charge is 0.311 e. The normalized spacial score (nSPS) is 12.4. The van der Waals surface area contributed by atoms with Gasteiger partial charge in [-0.15, -0.1) is 0 Å². The maximum absolute atomic E-state index is 6.40. The number of hydrogen-bond donors (Lipinski definition) is 1. The number of hydrogen-bond acceptors (Lipinski definition) is 2. The van der Waals surface area contributed by atoms with Crippen LogP contribution in [0.5, 0.6) is 0 Å². The van der Waals surface area contributed by atoms with Gasteiger partial charge in [0.15, 0.2) is 0 Å². The van der Waals surface area contributed by atoms with Crippen molar-refractivity contribution in [2.24, 2.45) is 0 Å². The molecule has 103 valence electrons. The summed E-state index contributed by atoms with van der Waals surface area (Å²) in [4.78, 5) is 0. The highest BCUT2D eigenvalue weighted by atomic mass is 35.5. The van der Waals surface area contributed by atoms with Crippen LogP contribution in [0.1, 0.15) is 26.3 Å². The van der Waals surface area contributed by atoms with Gasteiger partial charge in [0.2, 0.25) is 0 Å². The lowest BCUT2D eigenvalue weighted by Gasteiger charge is -2.21. The summed E-state index contributed by atoms with van der Waals surface area (Å²) in [7, 11) is -0.879. The van der Waals surface area contributed by atoms with E-state index < -0.39 is 9.04 Å². The molecule has 0 bridgehead atoms. The van der Waals surface area contributed by atoms with E-state index in [0.29, 0.717) is 10.7 Å². The molecule has 1 aromatic carbocycles.